The predicted molar refractivity (Wildman–Crippen MR) is 75.2 cm³/mol. The van der Waals surface area contributed by atoms with Gasteiger partial charge in [0, 0.05) is 10.4 Å². The van der Waals surface area contributed by atoms with Crippen molar-refractivity contribution in [3.63, 3.8) is 0 Å². The second kappa shape index (κ2) is 6.53. The van der Waals surface area contributed by atoms with E-state index in [0.717, 1.165) is 4.88 Å². The van der Waals surface area contributed by atoms with Crippen molar-refractivity contribution in [1.29, 1.82) is 5.26 Å². The van der Waals surface area contributed by atoms with Gasteiger partial charge in [0.25, 0.3) is 0 Å². The molecule has 0 fully saturated rings. The maximum atomic E-state index is 11.9. The Balaban J connectivity index is 2.02. The van der Waals surface area contributed by atoms with Crippen molar-refractivity contribution in [2.75, 3.05) is 6.61 Å². The van der Waals surface area contributed by atoms with E-state index in [1.807, 2.05) is 23.6 Å². The zero-order valence-corrected chi connectivity index (χ0v) is 10.9. The molecule has 0 unspecified atom stereocenters. The number of allylic oxidation sites excluding steroid dienone is 1. The maximum Gasteiger partial charge on any atom is 0.185 e. The van der Waals surface area contributed by atoms with Crippen molar-refractivity contribution >= 4 is 23.2 Å². The van der Waals surface area contributed by atoms with E-state index in [0.29, 0.717) is 11.3 Å². The summed E-state index contributed by atoms with van der Waals surface area (Å²) in [4.78, 5) is 12.9. The third-order valence-electron chi connectivity index (χ3n) is 2.38. The topological polar surface area (TPSA) is 50.1 Å². The smallest absolute Gasteiger partial charge is 0.185 e. The average Bonchev–Trinajstić information content (AvgIpc) is 2.96. The molecule has 1 heterocycles. The summed E-state index contributed by atoms with van der Waals surface area (Å²) in [6.07, 6.45) is 3.35. The Kier molecular flexibility index (Phi) is 4.49. The summed E-state index contributed by atoms with van der Waals surface area (Å²) in [6, 6.07) is 12.5. The van der Waals surface area contributed by atoms with Gasteiger partial charge < -0.3 is 4.74 Å². The molecule has 0 aliphatic heterocycles. The lowest BCUT2D eigenvalue weighted by molar-refractivity contribution is 0.104. The fourth-order valence-corrected chi connectivity index (χ4v) is 2.09. The van der Waals surface area contributed by atoms with Crippen LogP contribution in [0.25, 0.3) is 6.08 Å². The van der Waals surface area contributed by atoms with Crippen LogP contribution in [0.15, 0.2) is 47.9 Å². The summed E-state index contributed by atoms with van der Waals surface area (Å²) in [5.74, 6) is 0.528. The Morgan fingerprint density at radius 1 is 1.32 bits per heavy atom. The van der Waals surface area contributed by atoms with E-state index in [9.17, 15) is 4.79 Å². The van der Waals surface area contributed by atoms with Crippen LogP contribution in [0.2, 0.25) is 0 Å². The van der Waals surface area contributed by atoms with Crippen molar-refractivity contribution in [1.82, 2.24) is 0 Å². The van der Waals surface area contributed by atoms with Crippen LogP contribution in [0.3, 0.4) is 0 Å². The summed E-state index contributed by atoms with van der Waals surface area (Å²) in [5.41, 5.74) is 0.595. The summed E-state index contributed by atoms with van der Waals surface area (Å²) in [7, 11) is 0. The maximum absolute atomic E-state index is 11.9. The van der Waals surface area contributed by atoms with Crippen molar-refractivity contribution in [2.24, 2.45) is 0 Å². The van der Waals surface area contributed by atoms with Crippen LogP contribution < -0.4 is 4.74 Å². The normalized spacial score (nSPS) is 10.3. The largest absolute Gasteiger partial charge is 0.479 e. The third-order valence-corrected chi connectivity index (χ3v) is 3.22. The molecule has 0 amide bonds. The fourth-order valence-electron chi connectivity index (χ4n) is 1.47. The number of nitriles is 1. The van der Waals surface area contributed by atoms with Crippen molar-refractivity contribution < 1.29 is 9.53 Å². The number of ketones is 1. The minimum Gasteiger partial charge on any atom is -0.479 e. The van der Waals surface area contributed by atoms with Crippen LogP contribution in [-0.4, -0.2) is 12.4 Å². The Labute approximate surface area is 115 Å². The number of thiophene rings is 1. The zero-order valence-electron chi connectivity index (χ0n) is 10.1. The van der Waals surface area contributed by atoms with E-state index in [-0.39, 0.29) is 12.4 Å². The SMILES string of the molecule is N#CCOc1ccc(C(=O)/C=C/c2cccs2)cc1. The third kappa shape index (κ3) is 3.80. The zero-order chi connectivity index (χ0) is 13.5. The second-order valence-corrected chi connectivity index (χ2v) is 4.66. The average molecular weight is 269 g/mol. The molecule has 94 valence electrons. The Hall–Kier alpha value is -2.38. The molecule has 19 heavy (non-hydrogen) atoms. The first-order valence-electron chi connectivity index (χ1n) is 5.65. The molecule has 4 heteroatoms. The van der Waals surface area contributed by atoms with E-state index in [2.05, 4.69) is 0 Å². The Morgan fingerprint density at radius 2 is 2.11 bits per heavy atom. The number of nitrogens with zero attached hydrogens (tertiary/aromatic N) is 1. The fraction of sp³-hybridized carbons (Fsp3) is 0.0667. The monoisotopic (exact) mass is 269 g/mol. The van der Waals surface area contributed by atoms with Crippen molar-refractivity contribution in [3.8, 4) is 11.8 Å². The van der Waals surface area contributed by atoms with Gasteiger partial charge in [-0.1, -0.05) is 6.07 Å². The number of hydrogen-bond acceptors (Lipinski definition) is 4. The molecule has 2 aromatic rings. The lowest BCUT2D eigenvalue weighted by Gasteiger charge is -2.01. The summed E-state index contributed by atoms with van der Waals surface area (Å²) < 4.78 is 5.12. The molecule has 0 atom stereocenters. The first-order chi connectivity index (χ1) is 9.29. The van der Waals surface area contributed by atoms with Gasteiger partial charge in [0.1, 0.15) is 11.8 Å². The van der Waals surface area contributed by atoms with Gasteiger partial charge in [-0.2, -0.15) is 5.26 Å². The molecule has 0 saturated heterocycles. The summed E-state index contributed by atoms with van der Waals surface area (Å²) in [6.45, 7) is 0.00553. The molecule has 0 aliphatic rings. The molecule has 0 radical (unpaired) electrons. The van der Waals surface area contributed by atoms with Crippen molar-refractivity contribution in [2.45, 2.75) is 0 Å². The van der Waals surface area contributed by atoms with Crippen LogP contribution in [0.4, 0.5) is 0 Å². The number of benzene rings is 1. The van der Waals surface area contributed by atoms with Crippen LogP contribution in [0.1, 0.15) is 15.2 Å². The first kappa shape index (κ1) is 13.1. The second-order valence-electron chi connectivity index (χ2n) is 3.68. The van der Waals surface area contributed by atoms with E-state index in [1.165, 1.54) is 0 Å². The Bertz CT molecular complexity index is 607. The highest BCUT2D eigenvalue weighted by molar-refractivity contribution is 7.10. The van der Waals surface area contributed by atoms with E-state index >= 15 is 0 Å². The van der Waals surface area contributed by atoms with Gasteiger partial charge in [0.05, 0.1) is 0 Å². The van der Waals surface area contributed by atoms with Crippen LogP contribution in [0, 0.1) is 11.3 Å². The molecular formula is C15H11NO2S. The van der Waals surface area contributed by atoms with Crippen LogP contribution in [0.5, 0.6) is 5.75 Å². The number of ether oxygens (including phenoxy) is 1. The van der Waals surface area contributed by atoms with Gasteiger partial charge in [-0.25, -0.2) is 0 Å². The number of rotatable bonds is 5. The minimum absolute atomic E-state index is 0.00553. The molecule has 1 aromatic carbocycles. The standard InChI is InChI=1S/C15H11NO2S/c16-9-10-18-13-5-3-12(4-6-13)15(17)8-7-14-2-1-11-19-14/h1-8,11H,10H2/b8-7+. The van der Waals surface area contributed by atoms with Crippen LogP contribution >= 0.6 is 11.3 Å². The molecule has 3 nitrogen and oxygen atoms in total. The number of hydrogen-bond donors (Lipinski definition) is 0. The minimum atomic E-state index is -0.0553. The molecular weight excluding hydrogens is 258 g/mol. The summed E-state index contributed by atoms with van der Waals surface area (Å²) >= 11 is 1.58. The lowest BCUT2D eigenvalue weighted by atomic mass is 10.1. The Morgan fingerprint density at radius 3 is 2.74 bits per heavy atom. The molecule has 0 spiro atoms. The number of carbonyl (C=O) groups is 1. The van der Waals surface area contributed by atoms with Crippen molar-refractivity contribution in [3.05, 3.63) is 58.3 Å². The van der Waals surface area contributed by atoms with Crippen LogP contribution in [-0.2, 0) is 0 Å². The quantitative estimate of drug-likeness (QED) is 0.616. The predicted octanol–water partition coefficient (Wildman–Crippen LogP) is 3.55. The van der Waals surface area contributed by atoms with Gasteiger partial charge >= 0.3 is 0 Å². The molecule has 0 saturated carbocycles. The lowest BCUT2D eigenvalue weighted by Crippen LogP contribution is -1.96. The van der Waals surface area contributed by atoms with Gasteiger partial charge in [0.15, 0.2) is 12.4 Å². The van der Waals surface area contributed by atoms with Gasteiger partial charge in [-0.3, -0.25) is 4.79 Å². The molecule has 0 N–H and O–H groups in total. The first-order valence-corrected chi connectivity index (χ1v) is 6.53. The summed E-state index contributed by atoms with van der Waals surface area (Å²) in [5, 5.41) is 10.4. The molecule has 1 aromatic heterocycles. The van der Waals surface area contributed by atoms with Gasteiger partial charge in [-0.15, -0.1) is 11.3 Å². The van der Waals surface area contributed by atoms with Gasteiger partial charge in [0.2, 0.25) is 0 Å². The van der Waals surface area contributed by atoms with E-state index < -0.39 is 0 Å². The highest BCUT2D eigenvalue weighted by Gasteiger charge is 2.02. The van der Waals surface area contributed by atoms with E-state index in [4.69, 9.17) is 10.00 Å². The molecule has 0 aliphatic carbocycles. The molecule has 2 rings (SSSR count). The highest BCUT2D eigenvalue weighted by atomic mass is 32.1. The van der Waals surface area contributed by atoms with Gasteiger partial charge in [-0.05, 0) is 47.9 Å². The highest BCUT2D eigenvalue weighted by Crippen LogP contribution is 2.14. The van der Waals surface area contributed by atoms with E-state index in [1.54, 1.807) is 47.8 Å². The number of carbonyl (C=O) groups excluding carboxylic acids is 1. The molecule has 0 bridgehead atoms.